The highest BCUT2D eigenvalue weighted by Gasteiger charge is 2.65. The number of aryl methyl sites for hydroxylation is 1. The number of aliphatic hydroxyl groups is 1. The lowest BCUT2D eigenvalue weighted by Crippen LogP contribution is -2.09. The van der Waals surface area contributed by atoms with Gasteiger partial charge in [-0.1, -0.05) is 31.6 Å². The van der Waals surface area contributed by atoms with Crippen molar-refractivity contribution in [3.05, 3.63) is 57.6 Å². The summed E-state index contributed by atoms with van der Waals surface area (Å²) in [5, 5.41) is 19.6. The van der Waals surface area contributed by atoms with Gasteiger partial charge in [0.05, 0.1) is 0 Å². The third-order valence-electron chi connectivity index (χ3n) is 2.96. The van der Waals surface area contributed by atoms with Crippen molar-refractivity contribution in [1.29, 1.82) is 0 Å². The van der Waals surface area contributed by atoms with Crippen molar-refractivity contribution >= 4 is 10.2 Å². The SMILES string of the molecule is Cc1cc(=O)c(O)c(C(O)c2ccc(S(F)(F)(F)(F)F)cc2)o1. The zero-order valence-electron chi connectivity index (χ0n) is 11.5. The Balaban J connectivity index is 2.47. The molecule has 0 bridgehead atoms. The quantitative estimate of drug-likeness (QED) is 0.798. The summed E-state index contributed by atoms with van der Waals surface area (Å²) in [5.74, 6) is -1.46. The third-order valence-corrected chi connectivity index (χ3v) is 4.12. The first-order valence-corrected chi connectivity index (χ1v) is 8.00. The van der Waals surface area contributed by atoms with E-state index >= 15 is 0 Å². The number of hydrogen-bond donors (Lipinski definition) is 2. The summed E-state index contributed by atoms with van der Waals surface area (Å²) in [6.45, 7) is 1.36. The first-order valence-electron chi connectivity index (χ1n) is 6.05. The average Bonchev–Trinajstić information content (AvgIpc) is 2.40. The van der Waals surface area contributed by atoms with Crippen molar-refractivity contribution in [2.75, 3.05) is 0 Å². The van der Waals surface area contributed by atoms with Crippen LogP contribution in [0.3, 0.4) is 0 Å². The fraction of sp³-hybridized carbons (Fsp3) is 0.154. The van der Waals surface area contributed by atoms with Crippen LogP contribution in [0.2, 0.25) is 0 Å². The molecule has 0 saturated carbocycles. The normalized spacial score (nSPS) is 16.5. The van der Waals surface area contributed by atoms with Crippen LogP contribution in [0.1, 0.15) is 23.2 Å². The van der Waals surface area contributed by atoms with Gasteiger partial charge in [0, 0.05) is 6.07 Å². The largest absolute Gasteiger partial charge is 0.502 e. The van der Waals surface area contributed by atoms with Crippen LogP contribution in [0.15, 0.2) is 44.4 Å². The molecule has 0 aliphatic rings. The molecule has 1 unspecified atom stereocenters. The molecule has 1 heterocycles. The van der Waals surface area contributed by atoms with Gasteiger partial charge in [-0.05, 0) is 24.6 Å². The van der Waals surface area contributed by atoms with Crippen molar-refractivity contribution < 1.29 is 34.1 Å². The highest BCUT2D eigenvalue weighted by molar-refractivity contribution is 8.45. The Morgan fingerprint density at radius 2 is 1.61 bits per heavy atom. The molecule has 0 spiro atoms. The fourth-order valence-corrected chi connectivity index (χ4v) is 2.52. The standard InChI is InChI=1S/C13H11F5O4S/c1-7-6-10(19)12(21)13(22-7)11(20)8-2-4-9(5-3-8)23(14,15,16,17)18/h2-6,11,20-21H,1H3. The second-order valence-corrected chi connectivity index (χ2v) is 7.28. The minimum Gasteiger partial charge on any atom is -0.502 e. The second-order valence-electron chi connectivity index (χ2n) is 4.87. The van der Waals surface area contributed by atoms with E-state index in [1.165, 1.54) is 6.92 Å². The van der Waals surface area contributed by atoms with Crippen molar-refractivity contribution in [2.24, 2.45) is 0 Å². The van der Waals surface area contributed by atoms with Crippen LogP contribution in [0.5, 0.6) is 5.75 Å². The van der Waals surface area contributed by atoms with E-state index in [4.69, 9.17) is 4.42 Å². The third kappa shape index (κ3) is 3.64. The molecule has 4 nitrogen and oxygen atoms in total. The maximum atomic E-state index is 12.6. The van der Waals surface area contributed by atoms with E-state index < -0.39 is 38.2 Å². The molecule has 0 amide bonds. The first kappa shape index (κ1) is 17.3. The van der Waals surface area contributed by atoms with E-state index in [1.807, 2.05) is 0 Å². The predicted octanol–water partition coefficient (Wildman–Crippen LogP) is 4.39. The Kier molecular flexibility index (Phi) is 3.37. The van der Waals surface area contributed by atoms with E-state index in [-0.39, 0.29) is 23.5 Å². The summed E-state index contributed by atoms with van der Waals surface area (Å²) in [6, 6.07) is 2.40. The van der Waals surface area contributed by atoms with Gasteiger partial charge >= 0.3 is 10.2 Å². The Bertz CT molecular complexity index is 812. The lowest BCUT2D eigenvalue weighted by atomic mass is 10.1. The summed E-state index contributed by atoms with van der Waals surface area (Å²) in [5.41, 5.74) is -1.12. The molecular weight excluding hydrogens is 347 g/mol. The van der Waals surface area contributed by atoms with Gasteiger partial charge in [-0.2, -0.15) is 0 Å². The summed E-state index contributed by atoms with van der Waals surface area (Å²) in [7, 11) is -9.81. The smallest absolute Gasteiger partial charge is 0.310 e. The van der Waals surface area contributed by atoms with Crippen LogP contribution in [-0.2, 0) is 0 Å². The zero-order chi connectivity index (χ0) is 17.7. The molecule has 0 saturated heterocycles. The van der Waals surface area contributed by atoms with E-state index in [0.717, 1.165) is 6.07 Å². The molecule has 0 aliphatic heterocycles. The highest BCUT2D eigenvalue weighted by atomic mass is 32.5. The van der Waals surface area contributed by atoms with E-state index in [2.05, 4.69) is 0 Å². The van der Waals surface area contributed by atoms with Gasteiger partial charge in [0.1, 0.15) is 16.8 Å². The van der Waals surface area contributed by atoms with Gasteiger partial charge in [-0.25, -0.2) is 0 Å². The van der Waals surface area contributed by atoms with Crippen LogP contribution in [0.4, 0.5) is 19.4 Å². The van der Waals surface area contributed by atoms with Gasteiger partial charge in [0.15, 0.2) is 5.76 Å². The number of aromatic hydroxyl groups is 1. The predicted molar refractivity (Wildman–Crippen MR) is 73.3 cm³/mol. The molecule has 1 aromatic heterocycles. The second kappa shape index (κ2) is 4.48. The van der Waals surface area contributed by atoms with Gasteiger partial charge in [-0.15, -0.1) is 0 Å². The molecule has 10 heteroatoms. The van der Waals surface area contributed by atoms with Crippen molar-refractivity contribution in [3.8, 4) is 5.75 Å². The molecule has 0 fully saturated rings. The van der Waals surface area contributed by atoms with Crippen LogP contribution in [-0.4, -0.2) is 10.2 Å². The molecule has 0 aliphatic carbocycles. The minimum absolute atomic E-state index is 0.0467. The average molecular weight is 358 g/mol. The molecule has 2 N–H and O–H groups in total. The van der Waals surface area contributed by atoms with E-state index in [0.29, 0.717) is 12.1 Å². The summed E-state index contributed by atoms with van der Waals surface area (Å²) in [6.07, 6.45) is -1.80. The molecule has 23 heavy (non-hydrogen) atoms. The van der Waals surface area contributed by atoms with Crippen LogP contribution < -0.4 is 5.43 Å². The Morgan fingerprint density at radius 3 is 2.09 bits per heavy atom. The molecule has 1 atom stereocenters. The number of hydrogen-bond acceptors (Lipinski definition) is 4. The molecule has 1 aromatic carbocycles. The fourth-order valence-electron chi connectivity index (χ4n) is 1.87. The lowest BCUT2D eigenvalue weighted by molar-refractivity contribution is 0.176. The van der Waals surface area contributed by atoms with Crippen LogP contribution in [0, 0.1) is 6.92 Å². The minimum atomic E-state index is -9.81. The van der Waals surface area contributed by atoms with Gasteiger partial charge in [-0.3, -0.25) is 4.79 Å². The number of rotatable bonds is 3. The van der Waals surface area contributed by atoms with Crippen LogP contribution >= 0.6 is 10.2 Å². The van der Waals surface area contributed by atoms with Gasteiger partial charge in [0.2, 0.25) is 11.2 Å². The number of halogens is 5. The highest BCUT2D eigenvalue weighted by Crippen LogP contribution is 3.02. The monoisotopic (exact) mass is 358 g/mol. The topological polar surface area (TPSA) is 70.7 Å². The van der Waals surface area contributed by atoms with Crippen LogP contribution in [0.25, 0.3) is 0 Å². The molecule has 128 valence electrons. The maximum absolute atomic E-state index is 12.6. The van der Waals surface area contributed by atoms with E-state index in [9.17, 15) is 34.4 Å². The van der Waals surface area contributed by atoms with Crippen molar-refractivity contribution in [3.63, 3.8) is 0 Å². The van der Waals surface area contributed by atoms with Gasteiger partial charge in [0.25, 0.3) is 0 Å². The Labute approximate surface area is 126 Å². The first-order chi connectivity index (χ1) is 10.2. The summed E-state index contributed by atoms with van der Waals surface area (Å²) >= 11 is 0. The Morgan fingerprint density at radius 1 is 1.09 bits per heavy atom. The van der Waals surface area contributed by atoms with Crippen molar-refractivity contribution in [2.45, 2.75) is 17.9 Å². The zero-order valence-corrected chi connectivity index (χ0v) is 12.3. The number of benzene rings is 1. The summed E-state index contributed by atoms with van der Waals surface area (Å²) in [4.78, 5) is 9.29. The number of aliphatic hydroxyl groups excluding tert-OH is 1. The summed E-state index contributed by atoms with van der Waals surface area (Å²) < 4.78 is 68.0. The van der Waals surface area contributed by atoms with Gasteiger partial charge < -0.3 is 14.6 Å². The Hall–Kier alpha value is -2.07. The molecule has 2 rings (SSSR count). The molecule has 2 aromatic rings. The lowest BCUT2D eigenvalue weighted by Gasteiger charge is -2.40. The van der Waals surface area contributed by atoms with E-state index in [1.54, 1.807) is 0 Å². The maximum Gasteiger partial charge on any atom is 0.310 e. The van der Waals surface area contributed by atoms with Crippen molar-refractivity contribution in [1.82, 2.24) is 0 Å². The molecular formula is C13H11F5O4S. The molecule has 0 radical (unpaired) electrons.